The molecule has 1 aromatic rings. The molecule has 0 radical (unpaired) electrons. The van der Waals surface area contributed by atoms with Gasteiger partial charge >= 0.3 is 0 Å². The molecule has 3 heteroatoms. The summed E-state index contributed by atoms with van der Waals surface area (Å²) in [5, 5.41) is 4.77. The Morgan fingerprint density at radius 2 is 2.36 bits per heavy atom. The Labute approximate surface area is 97.8 Å². The maximum absolute atomic E-state index is 3.54. The van der Waals surface area contributed by atoms with E-state index in [-0.39, 0.29) is 0 Å². The summed E-state index contributed by atoms with van der Waals surface area (Å²) < 4.78 is 1.16. The molecule has 1 heterocycles. The Kier molecular flexibility index (Phi) is 3.52. The van der Waals surface area contributed by atoms with Crippen molar-refractivity contribution in [2.45, 2.75) is 24.0 Å². The summed E-state index contributed by atoms with van der Waals surface area (Å²) in [4.78, 5) is 0. The molecule has 2 unspecified atom stereocenters. The van der Waals surface area contributed by atoms with Crippen molar-refractivity contribution >= 4 is 27.7 Å². The van der Waals surface area contributed by atoms with Gasteiger partial charge in [-0.05, 0) is 30.7 Å². The number of halogens is 1. The van der Waals surface area contributed by atoms with Gasteiger partial charge in [0, 0.05) is 9.72 Å². The van der Waals surface area contributed by atoms with Crippen molar-refractivity contribution in [3.63, 3.8) is 0 Å². The zero-order valence-electron chi connectivity index (χ0n) is 8.16. The molecule has 1 nitrogen and oxygen atoms in total. The van der Waals surface area contributed by atoms with Crippen LogP contribution in [0.2, 0.25) is 0 Å². The predicted octanol–water partition coefficient (Wildman–Crippen LogP) is 3.56. The lowest BCUT2D eigenvalue weighted by molar-refractivity contribution is 0.605. The van der Waals surface area contributed by atoms with Crippen LogP contribution in [-0.2, 0) is 0 Å². The first-order valence-electron chi connectivity index (χ1n) is 4.90. The van der Waals surface area contributed by atoms with Crippen LogP contribution in [-0.4, -0.2) is 11.8 Å². The van der Waals surface area contributed by atoms with E-state index in [0.29, 0.717) is 5.37 Å². The molecule has 0 aromatic heterocycles. The average Bonchev–Trinajstić information content (AvgIpc) is 2.18. The van der Waals surface area contributed by atoms with Crippen molar-refractivity contribution in [3.8, 4) is 0 Å². The molecule has 1 aliphatic heterocycles. The van der Waals surface area contributed by atoms with Crippen LogP contribution in [0.4, 0.5) is 0 Å². The molecule has 2 rings (SSSR count). The molecule has 2 atom stereocenters. The van der Waals surface area contributed by atoms with Gasteiger partial charge < -0.3 is 5.32 Å². The van der Waals surface area contributed by atoms with E-state index in [0.717, 1.165) is 16.3 Å². The highest BCUT2D eigenvalue weighted by atomic mass is 79.9. The van der Waals surface area contributed by atoms with Crippen LogP contribution in [0.3, 0.4) is 0 Å². The Balaban J connectivity index is 2.14. The average molecular weight is 272 g/mol. The summed E-state index contributed by atoms with van der Waals surface area (Å²) in [5.74, 6) is 0. The summed E-state index contributed by atoms with van der Waals surface area (Å²) in [7, 11) is 0. The summed E-state index contributed by atoms with van der Waals surface area (Å²) in [6, 6.07) is 8.55. The van der Waals surface area contributed by atoms with Crippen LogP contribution in [0.5, 0.6) is 0 Å². The van der Waals surface area contributed by atoms with Gasteiger partial charge in [0.25, 0.3) is 0 Å². The van der Waals surface area contributed by atoms with E-state index >= 15 is 0 Å². The molecule has 1 aliphatic rings. The molecule has 14 heavy (non-hydrogen) atoms. The minimum Gasteiger partial charge on any atom is -0.302 e. The van der Waals surface area contributed by atoms with Gasteiger partial charge in [-0.2, -0.15) is 0 Å². The van der Waals surface area contributed by atoms with Crippen molar-refractivity contribution < 1.29 is 0 Å². The van der Waals surface area contributed by atoms with Gasteiger partial charge in [0.05, 0.1) is 5.37 Å². The number of thioether (sulfide) groups is 1. The molecule has 0 bridgehead atoms. The Bertz CT molecular complexity index is 316. The van der Waals surface area contributed by atoms with Crippen LogP contribution >= 0.6 is 27.7 Å². The summed E-state index contributed by atoms with van der Waals surface area (Å²) in [6.07, 6.45) is 1.27. The first kappa shape index (κ1) is 10.5. The summed E-state index contributed by atoms with van der Waals surface area (Å²) in [6.45, 7) is 3.43. The van der Waals surface area contributed by atoms with Crippen molar-refractivity contribution in [2.24, 2.45) is 0 Å². The number of hydrogen-bond acceptors (Lipinski definition) is 2. The summed E-state index contributed by atoms with van der Waals surface area (Å²) >= 11 is 5.52. The highest BCUT2D eigenvalue weighted by Crippen LogP contribution is 2.34. The molecular weight excluding hydrogens is 258 g/mol. The van der Waals surface area contributed by atoms with E-state index in [2.05, 4.69) is 52.4 Å². The SMILES string of the molecule is CC1CCNC(c2cccc(Br)c2)S1. The van der Waals surface area contributed by atoms with Gasteiger partial charge in [0.2, 0.25) is 0 Å². The molecule has 1 N–H and O–H groups in total. The quantitative estimate of drug-likeness (QED) is 0.839. The van der Waals surface area contributed by atoms with Crippen molar-refractivity contribution in [3.05, 3.63) is 34.3 Å². The molecule has 76 valence electrons. The third kappa shape index (κ3) is 2.53. The van der Waals surface area contributed by atoms with E-state index in [1.165, 1.54) is 12.0 Å². The zero-order valence-corrected chi connectivity index (χ0v) is 10.6. The van der Waals surface area contributed by atoms with Crippen LogP contribution < -0.4 is 5.32 Å². The topological polar surface area (TPSA) is 12.0 Å². The highest BCUT2D eigenvalue weighted by Gasteiger charge is 2.19. The number of benzene rings is 1. The third-order valence-electron chi connectivity index (χ3n) is 2.40. The molecular formula is C11H14BrNS. The Hall–Kier alpha value is 0.01000. The number of hydrogen-bond donors (Lipinski definition) is 1. The maximum Gasteiger partial charge on any atom is 0.0792 e. The van der Waals surface area contributed by atoms with Crippen LogP contribution in [0, 0.1) is 0 Å². The van der Waals surface area contributed by atoms with Gasteiger partial charge in [0.15, 0.2) is 0 Å². The van der Waals surface area contributed by atoms with E-state index in [1.54, 1.807) is 0 Å². The fraction of sp³-hybridized carbons (Fsp3) is 0.455. The smallest absolute Gasteiger partial charge is 0.0792 e. The van der Waals surface area contributed by atoms with E-state index in [9.17, 15) is 0 Å². The monoisotopic (exact) mass is 271 g/mol. The standard InChI is InChI=1S/C11H14BrNS/c1-8-5-6-13-11(14-8)9-3-2-4-10(12)7-9/h2-4,7-8,11,13H,5-6H2,1H3. The van der Waals surface area contributed by atoms with Crippen molar-refractivity contribution in [1.29, 1.82) is 0 Å². The first-order valence-corrected chi connectivity index (χ1v) is 6.63. The predicted molar refractivity (Wildman–Crippen MR) is 66.6 cm³/mol. The lowest BCUT2D eigenvalue weighted by Gasteiger charge is -2.28. The molecule has 1 aromatic carbocycles. The molecule has 1 fully saturated rings. The summed E-state index contributed by atoms with van der Waals surface area (Å²) in [5.41, 5.74) is 1.37. The van der Waals surface area contributed by atoms with Crippen molar-refractivity contribution in [1.82, 2.24) is 5.32 Å². The molecule has 1 saturated heterocycles. The highest BCUT2D eigenvalue weighted by molar-refractivity contribution is 9.10. The van der Waals surface area contributed by atoms with E-state index in [1.807, 2.05) is 11.8 Å². The largest absolute Gasteiger partial charge is 0.302 e. The van der Waals surface area contributed by atoms with Crippen molar-refractivity contribution in [2.75, 3.05) is 6.54 Å². The maximum atomic E-state index is 3.54. The van der Waals surface area contributed by atoms with Gasteiger partial charge in [0.1, 0.15) is 0 Å². The normalized spacial score (nSPS) is 27.6. The van der Waals surface area contributed by atoms with Crippen LogP contribution in [0.25, 0.3) is 0 Å². The third-order valence-corrected chi connectivity index (χ3v) is 4.30. The van der Waals surface area contributed by atoms with Gasteiger partial charge in [-0.25, -0.2) is 0 Å². The lowest BCUT2D eigenvalue weighted by Crippen LogP contribution is -2.28. The van der Waals surface area contributed by atoms with E-state index < -0.39 is 0 Å². The first-order chi connectivity index (χ1) is 6.75. The Morgan fingerprint density at radius 1 is 1.50 bits per heavy atom. The number of nitrogens with one attached hydrogen (secondary N) is 1. The Morgan fingerprint density at radius 3 is 3.07 bits per heavy atom. The zero-order chi connectivity index (χ0) is 9.97. The van der Waals surface area contributed by atoms with Crippen LogP contribution in [0.1, 0.15) is 24.3 Å². The van der Waals surface area contributed by atoms with Gasteiger partial charge in [-0.3, -0.25) is 0 Å². The van der Waals surface area contributed by atoms with E-state index in [4.69, 9.17) is 0 Å². The number of rotatable bonds is 1. The molecule has 0 spiro atoms. The minimum atomic E-state index is 0.469. The second-order valence-electron chi connectivity index (χ2n) is 3.62. The second-order valence-corrected chi connectivity index (χ2v) is 6.09. The molecule has 0 aliphatic carbocycles. The van der Waals surface area contributed by atoms with Gasteiger partial charge in [-0.15, -0.1) is 11.8 Å². The lowest BCUT2D eigenvalue weighted by atomic mass is 10.2. The fourth-order valence-corrected chi connectivity index (χ4v) is 3.29. The fourth-order valence-electron chi connectivity index (χ4n) is 1.63. The molecule has 0 amide bonds. The van der Waals surface area contributed by atoms with Crippen LogP contribution in [0.15, 0.2) is 28.7 Å². The molecule has 0 saturated carbocycles. The minimum absolute atomic E-state index is 0.469. The van der Waals surface area contributed by atoms with Gasteiger partial charge in [-0.1, -0.05) is 35.0 Å². The second kappa shape index (κ2) is 4.69.